The lowest BCUT2D eigenvalue weighted by Crippen LogP contribution is -2.32. The fraction of sp³-hybridized carbons (Fsp3) is 0.0442. The Morgan fingerprint density at radius 2 is 0.647 bits per heavy atom. The van der Waals surface area contributed by atoms with Crippen molar-refractivity contribution in [3.8, 4) is 78.3 Å². The molecule has 1 unspecified atom stereocenters. The molecule has 2 aromatic heterocycles. The summed E-state index contributed by atoms with van der Waals surface area (Å²) in [6, 6.07) is 150. The molecule has 5 aliphatic rings. The Hall–Kier alpha value is -14.1. The largest absolute Gasteiger partial charge is 0.456 e. The van der Waals surface area contributed by atoms with Crippen molar-refractivity contribution in [1.82, 2.24) is 0 Å². The van der Waals surface area contributed by atoms with Crippen LogP contribution in [0.15, 0.2) is 429 Å². The summed E-state index contributed by atoms with van der Waals surface area (Å²) in [6.45, 7) is 4.75. The number of rotatable bonds is 10. The lowest BCUT2D eigenvalue weighted by Gasteiger charge is -2.40. The molecule has 0 fully saturated rings. The molecule has 0 saturated carbocycles. The lowest BCUT2D eigenvalue weighted by molar-refractivity contribution is 0.630. The van der Waals surface area contributed by atoms with Crippen LogP contribution in [-0.4, -0.2) is 0 Å². The summed E-state index contributed by atoms with van der Waals surface area (Å²) in [6.07, 6.45) is 0. The highest BCUT2D eigenvalue weighted by molar-refractivity contribution is 7.99. The average Bonchev–Trinajstić information content (AvgIpc) is 1.55. The molecule has 25 rings (SSSR count). The molecule has 558 valence electrons. The van der Waals surface area contributed by atoms with Gasteiger partial charge in [0, 0.05) is 75.0 Å². The molecular formula is C113H72N2O2S2. The second-order valence-corrected chi connectivity index (χ2v) is 35.0. The normalized spacial score (nSPS) is 14.9. The molecule has 0 amide bonds. The van der Waals surface area contributed by atoms with Gasteiger partial charge < -0.3 is 18.6 Å². The average molecular weight is 1550 g/mol. The number of hydrogen-bond acceptors (Lipinski definition) is 6. The number of fused-ring (bicyclic) bond motifs is 25. The van der Waals surface area contributed by atoms with E-state index in [9.17, 15) is 0 Å². The van der Waals surface area contributed by atoms with Gasteiger partial charge in [-0.05, 0) is 273 Å². The van der Waals surface area contributed by atoms with E-state index in [1.165, 1.54) is 125 Å². The smallest absolute Gasteiger partial charge is 0.137 e. The van der Waals surface area contributed by atoms with Gasteiger partial charge >= 0.3 is 0 Å². The summed E-state index contributed by atoms with van der Waals surface area (Å²) >= 11 is 3.77. The van der Waals surface area contributed by atoms with E-state index in [1.807, 2.05) is 41.7 Å². The predicted molar refractivity (Wildman–Crippen MR) is 493 cm³/mol. The minimum atomic E-state index is -0.633. The first-order chi connectivity index (χ1) is 58.7. The molecule has 3 aliphatic carbocycles. The monoisotopic (exact) mass is 1550 g/mol. The third kappa shape index (κ3) is 10.0. The van der Waals surface area contributed by atoms with Gasteiger partial charge in [-0.15, -0.1) is 0 Å². The Balaban J connectivity index is 0.595. The maximum absolute atomic E-state index is 6.80. The topological polar surface area (TPSA) is 32.8 Å². The first kappa shape index (κ1) is 68.1. The van der Waals surface area contributed by atoms with Gasteiger partial charge in [-0.25, -0.2) is 0 Å². The zero-order chi connectivity index (χ0) is 78.4. The fourth-order valence-electron chi connectivity index (χ4n) is 21.0. The number of para-hydroxylation sites is 4. The molecule has 4 nitrogen and oxygen atoms in total. The highest BCUT2D eigenvalue weighted by Gasteiger charge is 2.52. The standard InChI is InChI=1S/C113H72N2O2S2/c1-111(2)97-64-78(105-65-76-23-6-17-38-103(76)116-105)48-55-86(97)87-56-51-82(68-98(87)111)114(79-26-4-3-5-27-79)81-52-57-93-90(67-81)85-29-9-12-32-92(85)112(93)94-33-13-19-40-107(94)119-110-58-49-74(63-100(110)112)71-46-53-83-75(60-71)25-22-37-101(83)115(102-36-16-10-30-89(102)106-66-77-24-7-18-39-104(77)117-106)80-50-45-70-59-69(43-44-72(70)61-80)73-47-54-88-84-28-8-11-31-91(84)113(99(88)62-73)95-34-14-20-41-108(95)118-109-42-21-15-35-96(109)113/h3-68H,1-2H3. The second kappa shape index (κ2) is 25.9. The Labute approximate surface area is 698 Å². The van der Waals surface area contributed by atoms with Crippen LogP contribution in [0.2, 0.25) is 0 Å². The quantitative estimate of drug-likeness (QED) is 0.136. The molecule has 1 atom stereocenters. The van der Waals surface area contributed by atoms with E-state index < -0.39 is 10.8 Å². The van der Waals surface area contributed by atoms with Gasteiger partial charge in [0.05, 0.1) is 22.2 Å². The Morgan fingerprint density at radius 3 is 1.35 bits per heavy atom. The van der Waals surface area contributed by atoms with Crippen molar-refractivity contribution in [3.63, 3.8) is 0 Å². The SMILES string of the molecule is CC1(C)c2cc(-c3cc4ccccc4o3)ccc2-c2ccc(N(c3ccccc3)c3ccc4c(c3)-c3ccccc3C43c4ccccc4Sc4ccc(-c5ccc6c(N(c7ccc8cc(-c9ccc%10c(c9)C9(c%11ccccc%11Sc%11ccccc%119)c9ccccc9-%10)ccc8c7)c7ccccc7-c7cc8ccccc8o7)cccc6c5)cc43)cc21. The highest BCUT2D eigenvalue weighted by atomic mass is 32.2. The fourth-order valence-corrected chi connectivity index (χ4v) is 23.4. The van der Waals surface area contributed by atoms with Gasteiger partial charge in [-0.3, -0.25) is 0 Å². The van der Waals surface area contributed by atoms with E-state index >= 15 is 0 Å². The molecule has 0 radical (unpaired) electrons. The number of furan rings is 2. The summed E-state index contributed by atoms with van der Waals surface area (Å²) < 4.78 is 13.3. The zero-order valence-corrected chi connectivity index (χ0v) is 66.8. The molecule has 2 aliphatic heterocycles. The van der Waals surface area contributed by atoms with Crippen molar-refractivity contribution < 1.29 is 8.83 Å². The van der Waals surface area contributed by atoms with Crippen LogP contribution in [0.1, 0.15) is 69.5 Å². The van der Waals surface area contributed by atoms with Crippen molar-refractivity contribution in [1.29, 1.82) is 0 Å². The van der Waals surface area contributed by atoms with Crippen molar-refractivity contribution in [2.24, 2.45) is 0 Å². The number of anilines is 6. The predicted octanol–water partition coefficient (Wildman–Crippen LogP) is 31.1. The Bertz CT molecular complexity index is 7600. The molecule has 6 heteroatoms. The molecule has 0 N–H and O–H groups in total. The van der Waals surface area contributed by atoms with E-state index in [4.69, 9.17) is 8.83 Å². The lowest BCUT2D eigenvalue weighted by atomic mass is 9.67. The second-order valence-electron chi connectivity index (χ2n) is 32.9. The van der Waals surface area contributed by atoms with Crippen LogP contribution in [0, 0.1) is 0 Å². The van der Waals surface area contributed by atoms with Crippen molar-refractivity contribution in [3.05, 3.63) is 456 Å². The van der Waals surface area contributed by atoms with E-state index in [0.29, 0.717) is 0 Å². The van der Waals surface area contributed by atoms with Gasteiger partial charge in [0.1, 0.15) is 22.7 Å². The maximum Gasteiger partial charge on any atom is 0.137 e. The van der Waals surface area contributed by atoms with Crippen LogP contribution in [-0.2, 0) is 16.2 Å². The molecule has 18 aromatic carbocycles. The minimum Gasteiger partial charge on any atom is -0.456 e. The highest BCUT2D eigenvalue weighted by Crippen LogP contribution is 2.66. The van der Waals surface area contributed by atoms with Gasteiger partial charge in [-0.1, -0.05) is 292 Å². The summed E-state index contributed by atoms with van der Waals surface area (Å²) in [5, 5.41) is 6.75. The third-order valence-corrected chi connectivity index (χ3v) is 28.7. The van der Waals surface area contributed by atoms with Crippen LogP contribution in [0.25, 0.3) is 122 Å². The van der Waals surface area contributed by atoms with Crippen molar-refractivity contribution in [2.45, 2.75) is 49.7 Å². The molecule has 0 bridgehead atoms. The summed E-state index contributed by atoms with van der Waals surface area (Å²) in [5.74, 6) is 1.70. The van der Waals surface area contributed by atoms with Gasteiger partial charge in [-0.2, -0.15) is 0 Å². The van der Waals surface area contributed by atoms with Crippen LogP contribution in [0.5, 0.6) is 0 Å². The van der Waals surface area contributed by atoms with Crippen LogP contribution >= 0.6 is 23.5 Å². The number of hydrogen-bond donors (Lipinski definition) is 0. The molecule has 2 spiro atoms. The van der Waals surface area contributed by atoms with Crippen LogP contribution in [0.4, 0.5) is 34.1 Å². The van der Waals surface area contributed by atoms with Crippen LogP contribution in [0.3, 0.4) is 0 Å². The summed E-state index contributed by atoms with van der Waals surface area (Å²) in [5.41, 5.74) is 34.3. The zero-order valence-electron chi connectivity index (χ0n) is 65.1. The number of benzene rings is 18. The van der Waals surface area contributed by atoms with Crippen LogP contribution < -0.4 is 9.80 Å². The summed E-state index contributed by atoms with van der Waals surface area (Å²) in [4.78, 5) is 10.0. The first-order valence-electron chi connectivity index (χ1n) is 41.1. The molecule has 0 saturated heterocycles. The molecule has 119 heavy (non-hydrogen) atoms. The number of nitrogens with zero attached hydrogens (tertiary/aromatic N) is 2. The van der Waals surface area contributed by atoms with Gasteiger partial charge in [0.2, 0.25) is 0 Å². The molecule has 20 aromatic rings. The summed E-state index contributed by atoms with van der Waals surface area (Å²) in [7, 11) is 0. The third-order valence-electron chi connectivity index (χ3n) is 26.4. The minimum absolute atomic E-state index is 0.287. The van der Waals surface area contributed by atoms with E-state index in [0.717, 1.165) is 106 Å². The van der Waals surface area contributed by atoms with E-state index in [1.54, 1.807) is 0 Å². The van der Waals surface area contributed by atoms with E-state index in [2.05, 4.69) is 406 Å². The Morgan fingerprint density at radius 1 is 0.218 bits per heavy atom. The van der Waals surface area contributed by atoms with Crippen molar-refractivity contribution >= 4 is 101 Å². The Kier molecular flexibility index (Phi) is 14.8. The van der Waals surface area contributed by atoms with E-state index in [-0.39, 0.29) is 5.41 Å². The van der Waals surface area contributed by atoms with Gasteiger partial charge in [0.25, 0.3) is 0 Å². The first-order valence-corrected chi connectivity index (χ1v) is 42.7. The maximum atomic E-state index is 6.80. The molecular weight excluding hydrogens is 1480 g/mol. The van der Waals surface area contributed by atoms with Crippen molar-refractivity contribution in [2.75, 3.05) is 9.80 Å². The van der Waals surface area contributed by atoms with Gasteiger partial charge in [0.15, 0.2) is 0 Å². The molecule has 4 heterocycles.